The fourth-order valence-corrected chi connectivity index (χ4v) is 8.14. The number of nitrogens with zero attached hydrogens (tertiary/aromatic N) is 7. The summed E-state index contributed by atoms with van der Waals surface area (Å²) >= 11 is 0. The summed E-state index contributed by atoms with van der Waals surface area (Å²) in [6.45, 7) is 4.28. The molecule has 1 amide bonds. The molecule has 4 heterocycles. The molecule has 252 valence electrons. The number of hydrogen-bond donors (Lipinski definition) is 0. The summed E-state index contributed by atoms with van der Waals surface area (Å²) in [7, 11) is 2.20. The van der Waals surface area contributed by atoms with Gasteiger partial charge in [-0.2, -0.15) is 15.2 Å². The highest BCUT2D eigenvalue weighted by atomic mass is 16.6. The van der Waals surface area contributed by atoms with Crippen LogP contribution in [0.4, 0.5) is 16.3 Å². The zero-order chi connectivity index (χ0) is 33.4. The lowest BCUT2D eigenvalue weighted by Crippen LogP contribution is -2.56. The minimum atomic E-state index is -0.389. The highest BCUT2D eigenvalue weighted by Crippen LogP contribution is 2.48. The largest absolute Gasteiger partial charge is 0.455 e. The molecule has 10 nitrogen and oxygen atoms in total. The van der Waals surface area contributed by atoms with Crippen molar-refractivity contribution in [3.63, 3.8) is 0 Å². The molecule has 3 fully saturated rings. The van der Waals surface area contributed by atoms with E-state index in [2.05, 4.69) is 70.3 Å². The third-order valence-electron chi connectivity index (χ3n) is 10.8. The van der Waals surface area contributed by atoms with Crippen molar-refractivity contribution in [2.45, 2.75) is 69.4 Å². The third kappa shape index (κ3) is 6.24. The van der Waals surface area contributed by atoms with Crippen LogP contribution < -0.4 is 14.5 Å². The second kappa shape index (κ2) is 13.2. The van der Waals surface area contributed by atoms with Crippen molar-refractivity contribution in [3.05, 3.63) is 89.6 Å². The van der Waals surface area contributed by atoms with Crippen molar-refractivity contribution in [3.8, 4) is 12.1 Å². The summed E-state index contributed by atoms with van der Waals surface area (Å²) in [5, 5.41) is 12.2. The van der Waals surface area contributed by atoms with Crippen LogP contribution in [0.15, 0.2) is 72.8 Å². The van der Waals surface area contributed by atoms with Gasteiger partial charge in [-0.05, 0) is 62.7 Å². The zero-order valence-corrected chi connectivity index (χ0v) is 28.1. The predicted octanol–water partition coefficient (Wildman–Crippen LogP) is 5.94. The van der Waals surface area contributed by atoms with Crippen LogP contribution in [0.2, 0.25) is 0 Å². The minimum Gasteiger partial charge on any atom is -0.455 e. The van der Waals surface area contributed by atoms with E-state index in [-0.39, 0.29) is 30.8 Å². The number of carbonyl (C=O) groups is 1. The first-order valence-electron chi connectivity index (χ1n) is 17.6. The number of likely N-dealkylation sites (N-methyl/N-ethyl adjacent to an activating group) is 1. The molecule has 1 saturated carbocycles. The first-order valence-corrected chi connectivity index (χ1v) is 17.6. The van der Waals surface area contributed by atoms with Crippen LogP contribution in [0.1, 0.15) is 48.9 Å². The Bertz CT molecular complexity index is 1870. The van der Waals surface area contributed by atoms with E-state index in [9.17, 15) is 10.1 Å². The molecule has 3 aliphatic heterocycles. The molecule has 0 bridgehead atoms. The van der Waals surface area contributed by atoms with Crippen LogP contribution in [-0.4, -0.2) is 83.3 Å². The van der Waals surface area contributed by atoms with Gasteiger partial charge in [0.05, 0.1) is 30.8 Å². The van der Waals surface area contributed by atoms with Crippen LogP contribution in [0, 0.1) is 11.3 Å². The molecule has 1 aliphatic carbocycles. The maximum atomic E-state index is 13.3. The van der Waals surface area contributed by atoms with Crippen molar-refractivity contribution in [1.82, 2.24) is 19.8 Å². The van der Waals surface area contributed by atoms with E-state index in [1.165, 1.54) is 22.9 Å². The van der Waals surface area contributed by atoms with E-state index in [0.717, 1.165) is 61.4 Å². The molecule has 10 heteroatoms. The predicted molar refractivity (Wildman–Crippen MR) is 189 cm³/mol. The fraction of sp³-hybridized carbons (Fsp3) is 0.436. The Hall–Kier alpha value is -4.88. The van der Waals surface area contributed by atoms with E-state index in [1.54, 1.807) is 4.90 Å². The second-order valence-electron chi connectivity index (χ2n) is 13.9. The van der Waals surface area contributed by atoms with Gasteiger partial charge in [0.1, 0.15) is 18.0 Å². The molecule has 4 aliphatic rings. The van der Waals surface area contributed by atoms with Crippen molar-refractivity contribution in [2.24, 2.45) is 0 Å². The van der Waals surface area contributed by atoms with E-state index in [0.29, 0.717) is 38.2 Å². The summed E-state index contributed by atoms with van der Waals surface area (Å²) in [6, 6.07) is 27.5. The fourth-order valence-electron chi connectivity index (χ4n) is 8.14. The molecular formula is C39H43N7O3. The number of hydrogen-bond acceptors (Lipinski definition) is 9. The van der Waals surface area contributed by atoms with Crippen LogP contribution in [0.25, 0.3) is 10.8 Å². The lowest BCUT2D eigenvalue weighted by atomic mass is 10.0. The summed E-state index contributed by atoms with van der Waals surface area (Å²) in [6.07, 6.45) is 4.93. The van der Waals surface area contributed by atoms with E-state index in [1.807, 2.05) is 30.3 Å². The van der Waals surface area contributed by atoms with Gasteiger partial charge in [0, 0.05) is 48.9 Å². The van der Waals surface area contributed by atoms with E-state index >= 15 is 0 Å². The number of fused-ring (bicyclic) bond motifs is 2. The zero-order valence-electron chi connectivity index (χ0n) is 28.1. The summed E-state index contributed by atoms with van der Waals surface area (Å²) in [4.78, 5) is 32.4. The summed E-state index contributed by atoms with van der Waals surface area (Å²) in [5.74, 6) is 0.869. The maximum absolute atomic E-state index is 13.3. The Balaban J connectivity index is 1.09. The maximum Gasteiger partial charge on any atom is 0.410 e. The van der Waals surface area contributed by atoms with E-state index < -0.39 is 0 Å². The molecule has 8 rings (SSSR count). The molecule has 0 spiro atoms. The van der Waals surface area contributed by atoms with Crippen LogP contribution in [0.3, 0.4) is 0 Å². The number of aromatic nitrogens is 2. The molecular weight excluding hydrogens is 614 g/mol. The van der Waals surface area contributed by atoms with Crippen molar-refractivity contribution >= 4 is 28.4 Å². The number of anilines is 2. The van der Waals surface area contributed by atoms with Crippen LogP contribution in [-0.2, 0) is 24.3 Å². The normalized spacial score (nSPS) is 21.7. The molecule has 0 N–H and O–H groups in total. The van der Waals surface area contributed by atoms with Crippen molar-refractivity contribution < 1.29 is 14.3 Å². The Labute approximate surface area is 287 Å². The van der Waals surface area contributed by atoms with Gasteiger partial charge in [0.25, 0.3) is 0 Å². The number of benzene rings is 3. The molecule has 49 heavy (non-hydrogen) atoms. The van der Waals surface area contributed by atoms with Crippen LogP contribution in [0.5, 0.6) is 6.01 Å². The van der Waals surface area contributed by atoms with Crippen molar-refractivity contribution in [2.75, 3.05) is 49.6 Å². The number of ether oxygens (including phenoxy) is 2. The highest BCUT2D eigenvalue weighted by Gasteiger charge is 2.55. The Morgan fingerprint density at radius 3 is 2.57 bits per heavy atom. The lowest BCUT2D eigenvalue weighted by Gasteiger charge is -2.42. The van der Waals surface area contributed by atoms with Gasteiger partial charge < -0.3 is 24.2 Å². The number of nitriles is 1. The number of amides is 1. The average molecular weight is 658 g/mol. The van der Waals surface area contributed by atoms with Gasteiger partial charge in [0.15, 0.2) is 0 Å². The van der Waals surface area contributed by atoms with Crippen molar-refractivity contribution in [1.29, 1.82) is 5.26 Å². The first-order chi connectivity index (χ1) is 24.0. The standard InChI is InChI=1S/C39H43N7O3/c1-43-21-8-15-35(43)39(18-19-39)49-37-41-33-26-44(34-14-7-12-29-11-5-6-13-31(29)34)22-17-32(33)36(42-37)45-23-24-46(30(25-45)16-20-40)38(47)48-27-28-9-3-2-4-10-28/h2-7,9-14,30,35H,8,15-19,21-27H2,1H3/t30-,35+/m0/s1. The first kappa shape index (κ1) is 31.4. The summed E-state index contributed by atoms with van der Waals surface area (Å²) < 4.78 is 12.5. The molecule has 2 saturated heterocycles. The van der Waals surface area contributed by atoms with Gasteiger partial charge >= 0.3 is 12.1 Å². The monoisotopic (exact) mass is 657 g/mol. The molecule has 0 unspecified atom stereocenters. The van der Waals surface area contributed by atoms with Gasteiger partial charge in [-0.3, -0.25) is 4.90 Å². The minimum absolute atomic E-state index is 0.199. The smallest absolute Gasteiger partial charge is 0.410 e. The van der Waals surface area contributed by atoms with Gasteiger partial charge in [-0.1, -0.05) is 66.7 Å². The van der Waals surface area contributed by atoms with Gasteiger partial charge in [-0.15, -0.1) is 0 Å². The quantitative estimate of drug-likeness (QED) is 0.228. The Morgan fingerprint density at radius 1 is 0.959 bits per heavy atom. The van der Waals surface area contributed by atoms with Gasteiger partial charge in [-0.25, -0.2) is 4.79 Å². The molecule has 2 atom stereocenters. The molecule has 1 aromatic heterocycles. The topological polar surface area (TPSA) is 98.1 Å². The SMILES string of the molecule is CN1CCC[C@@H]1C1(Oc2nc3c(c(N4CCN(C(=O)OCc5ccccc5)[C@@H](CC#N)C4)n2)CCN(c2cccc4ccccc24)C3)CC1. The summed E-state index contributed by atoms with van der Waals surface area (Å²) in [5.41, 5.74) is 4.00. The molecule has 3 aromatic carbocycles. The Morgan fingerprint density at radius 2 is 1.78 bits per heavy atom. The number of rotatable bonds is 8. The van der Waals surface area contributed by atoms with Gasteiger partial charge in [0.2, 0.25) is 0 Å². The number of carbonyl (C=O) groups excluding carboxylic acids is 1. The number of piperazine rings is 1. The second-order valence-corrected chi connectivity index (χ2v) is 13.9. The highest BCUT2D eigenvalue weighted by molar-refractivity contribution is 5.94. The Kier molecular flexibility index (Phi) is 8.46. The third-order valence-corrected chi connectivity index (χ3v) is 10.8. The number of likely N-dealkylation sites (tertiary alicyclic amines) is 1. The lowest BCUT2D eigenvalue weighted by molar-refractivity contribution is 0.0741. The molecule has 4 aromatic rings. The van der Waals surface area contributed by atoms with E-state index in [4.69, 9.17) is 19.4 Å². The average Bonchev–Trinajstić information content (AvgIpc) is 3.78. The van der Waals surface area contributed by atoms with Crippen LogP contribution >= 0.6 is 0 Å². The molecule has 0 radical (unpaired) electrons.